The first-order valence-corrected chi connectivity index (χ1v) is 6.44. The molecule has 1 aliphatic heterocycles. The summed E-state index contributed by atoms with van der Waals surface area (Å²) in [6.45, 7) is 0.291. The van der Waals surface area contributed by atoms with Gasteiger partial charge in [0.2, 0.25) is 0 Å². The highest BCUT2D eigenvalue weighted by Gasteiger charge is 2.29. The van der Waals surface area contributed by atoms with E-state index in [1.807, 2.05) is 0 Å². The molecule has 1 aromatic carbocycles. The van der Waals surface area contributed by atoms with Crippen molar-refractivity contribution in [3.63, 3.8) is 0 Å². The summed E-state index contributed by atoms with van der Waals surface area (Å²) < 4.78 is 27.8. The molecule has 98 valence electrons. The third kappa shape index (κ3) is 2.06. The predicted molar refractivity (Wildman–Crippen MR) is 68.4 cm³/mol. The molecule has 3 rings (SSSR count). The molecule has 0 saturated carbocycles. The molecule has 0 saturated heterocycles. The van der Waals surface area contributed by atoms with Gasteiger partial charge in [-0.25, -0.2) is 8.78 Å². The minimum Gasteiger partial charge on any atom is -0.357 e. The number of benzene rings is 1. The Labute approximate surface area is 116 Å². The van der Waals surface area contributed by atoms with Gasteiger partial charge in [-0.1, -0.05) is 15.9 Å². The van der Waals surface area contributed by atoms with Crippen molar-refractivity contribution in [3.8, 4) is 0 Å². The van der Waals surface area contributed by atoms with Crippen molar-refractivity contribution in [2.45, 2.75) is 13.1 Å². The van der Waals surface area contributed by atoms with Gasteiger partial charge in [-0.05, 0) is 18.2 Å². The zero-order valence-electron chi connectivity index (χ0n) is 9.71. The molecule has 0 fully saturated rings. The predicted octanol–water partition coefficient (Wildman–Crippen LogP) is 3.21. The van der Waals surface area contributed by atoms with Gasteiger partial charge in [-0.3, -0.25) is 4.79 Å². The molecule has 19 heavy (non-hydrogen) atoms. The monoisotopic (exact) mass is 326 g/mol. The summed E-state index contributed by atoms with van der Waals surface area (Å²) >= 11 is 3.02. The lowest BCUT2D eigenvalue weighted by molar-refractivity contribution is 0.0758. The molecular weight excluding hydrogens is 318 g/mol. The van der Waals surface area contributed by atoms with Gasteiger partial charge in [-0.2, -0.15) is 0 Å². The minimum atomic E-state index is -0.657. The van der Waals surface area contributed by atoms with Gasteiger partial charge in [0, 0.05) is 28.3 Å². The molecular formula is C13H9BrF2N2O. The Morgan fingerprint density at radius 2 is 2.00 bits per heavy atom. The van der Waals surface area contributed by atoms with E-state index in [0.29, 0.717) is 16.7 Å². The lowest BCUT2D eigenvalue weighted by atomic mass is 10.2. The maximum Gasteiger partial charge on any atom is 0.271 e. The van der Waals surface area contributed by atoms with Gasteiger partial charge >= 0.3 is 0 Å². The number of H-pyrrole nitrogens is 1. The van der Waals surface area contributed by atoms with Crippen LogP contribution in [0.15, 0.2) is 28.9 Å². The maximum absolute atomic E-state index is 13.7. The van der Waals surface area contributed by atoms with Crippen molar-refractivity contribution in [1.82, 2.24) is 9.88 Å². The number of hydrogen-bond acceptors (Lipinski definition) is 1. The standard InChI is InChI=1S/C13H9BrF2N2O/c14-8-3-10(15)9(11(16)4-8)6-18-5-7-1-2-17-12(7)13(18)19/h1-4,17H,5-6H2. The number of nitrogens with zero attached hydrogens (tertiary/aromatic N) is 1. The number of nitrogens with one attached hydrogen (secondary N) is 1. The van der Waals surface area contributed by atoms with Crippen molar-refractivity contribution in [2.75, 3.05) is 0 Å². The van der Waals surface area contributed by atoms with Crippen LogP contribution in [0.2, 0.25) is 0 Å². The number of amides is 1. The van der Waals surface area contributed by atoms with Crippen molar-refractivity contribution in [1.29, 1.82) is 0 Å². The molecule has 0 aliphatic carbocycles. The number of fused-ring (bicyclic) bond motifs is 1. The Kier molecular flexibility index (Phi) is 2.89. The number of halogens is 3. The molecule has 0 atom stereocenters. The highest BCUT2D eigenvalue weighted by atomic mass is 79.9. The van der Waals surface area contributed by atoms with E-state index in [0.717, 1.165) is 5.56 Å². The van der Waals surface area contributed by atoms with Gasteiger partial charge in [0.1, 0.15) is 17.3 Å². The van der Waals surface area contributed by atoms with E-state index in [4.69, 9.17) is 0 Å². The van der Waals surface area contributed by atoms with Crippen LogP contribution in [0.1, 0.15) is 21.6 Å². The summed E-state index contributed by atoms with van der Waals surface area (Å²) in [7, 11) is 0. The van der Waals surface area contributed by atoms with Gasteiger partial charge in [-0.15, -0.1) is 0 Å². The molecule has 0 radical (unpaired) electrons. The summed E-state index contributed by atoms with van der Waals surface area (Å²) in [6, 6.07) is 4.18. The van der Waals surface area contributed by atoms with Gasteiger partial charge < -0.3 is 9.88 Å². The van der Waals surface area contributed by atoms with Crippen molar-refractivity contribution < 1.29 is 13.6 Å². The van der Waals surface area contributed by atoms with Crippen molar-refractivity contribution >= 4 is 21.8 Å². The zero-order chi connectivity index (χ0) is 13.6. The average Bonchev–Trinajstić information content (AvgIpc) is 2.88. The molecule has 2 aromatic rings. The normalized spacial score (nSPS) is 14.1. The first kappa shape index (κ1) is 12.3. The largest absolute Gasteiger partial charge is 0.357 e. The fourth-order valence-electron chi connectivity index (χ4n) is 2.21. The van der Waals surface area contributed by atoms with E-state index >= 15 is 0 Å². The highest BCUT2D eigenvalue weighted by molar-refractivity contribution is 9.10. The Bertz CT molecular complexity index is 645. The Morgan fingerprint density at radius 1 is 1.32 bits per heavy atom. The van der Waals surface area contributed by atoms with E-state index in [1.54, 1.807) is 12.3 Å². The summed E-state index contributed by atoms with van der Waals surface area (Å²) in [5, 5.41) is 0. The third-order valence-electron chi connectivity index (χ3n) is 3.15. The van der Waals surface area contributed by atoms with E-state index in [9.17, 15) is 13.6 Å². The summed E-state index contributed by atoms with van der Waals surface area (Å²) in [4.78, 5) is 16.2. The molecule has 1 amide bonds. The summed E-state index contributed by atoms with van der Waals surface area (Å²) in [5.74, 6) is -1.55. The second kappa shape index (κ2) is 4.45. The highest BCUT2D eigenvalue weighted by Crippen LogP contribution is 2.26. The second-order valence-electron chi connectivity index (χ2n) is 4.39. The van der Waals surface area contributed by atoms with Crippen LogP contribution in [0, 0.1) is 11.6 Å². The smallest absolute Gasteiger partial charge is 0.271 e. The number of carbonyl (C=O) groups excluding carboxylic acids is 1. The lowest BCUT2D eigenvalue weighted by Crippen LogP contribution is -2.25. The Hall–Kier alpha value is -1.69. The first-order chi connectivity index (χ1) is 9.06. The number of aromatic nitrogens is 1. The van der Waals surface area contributed by atoms with Crippen LogP contribution in [-0.4, -0.2) is 15.8 Å². The fourth-order valence-corrected chi connectivity index (χ4v) is 2.61. The van der Waals surface area contributed by atoms with Crippen molar-refractivity contribution in [2.24, 2.45) is 0 Å². The molecule has 0 bridgehead atoms. The molecule has 2 heterocycles. The van der Waals surface area contributed by atoms with E-state index in [2.05, 4.69) is 20.9 Å². The van der Waals surface area contributed by atoms with Crippen molar-refractivity contribution in [3.05, 3.63) is 57.3 Å². The third-order valence-corrected chi connectivity index (χ3v) is 3.61. The van der Waals surface area contributed by atoms with E-state index in [1.165, 1.54) is 17.0 Å². The number of rotatable bonds is 2. The van der Waals surface area contributed by atoms with Crippen LogP contribution < -0.4 is 0 Å². The summed E-state index contributed by atoms with van der Waals surface area (Å²) in [5.41, 5.74) is 1.25. The molecule has 1 aromatic heterocycles. The summed E-state index contributed by atoms with van der Waals surface area (Å²) in [6.07, 6.45) is 1.68. The van der Waals surface area contributed by atoms with Gasteiger partial charge in [0.15, 0.2) is 0 Å². The maximum atomic E-state index is 13.7. The molecule has 0 spiro atoms. The van der Waals surface area contributed by atoms with Crippen LogP contribution >= 0.6 is 15.9 Å². The van der Waals surface area contributed by atoms with Gasteiger partial charge in [0.25, 0.3) is 5.91 Å². The van der Waals surface area contributed by atoms with Crippen LogP contribution in [0.5, 0.6) is 0 Å². The number of aromatic amines is 1. The average molecular weight is 327 g/mol. The van der Waals surface area contributed by atoms with Crippen LogP contribution in [0.3, 0.4) is 0 Å². The van der Waals surface area contributed by atoms with Crippen LogP contribution in [-0.2, 0) is 13.1 Å². The first-order valence-electron chi connectivity index (χ1n) is 5.65. The SMILES string of the molecule is O=C1c2[nH]ccc2CN1Cc1c(F)cc(Br)cc1F. The zero-order valence-corrected chi connectivity index (χ0v) is 11.3. The van der Waals surface area contributed by atoms with E-state index < -0.39 is 11.6 Å². The molecule has 1 N–H and O–H groups in total. The second-order valence-corrected chi connectivity index (χ2v) is 5.30. The quantitative estimate of drug-likeness (QED) is 0.903. The fraction of sp³-hybridized carbons (Fsp3) is 0.154. The van der Waals surface area contributed by atoms with Crippen LogP contribution in [0.25, 0.3) is 0 Å². The molecule has 3 nitrogen and oxygen atoms in total. The Morgan fingerprint density at radius 3 is 2.63 bits per heavy atom. The minimum absolute atomic E-state index is 0.0771. The van der Waals surface area contributed by atoms with E-state index in [-0.39, 0.29) is 18.0 Å². The molecule has 6 heteroatoms. The molecule has 0 unspecified atom stereocenters. The number of carbonyl (C=O) groups is 1. The van der Waals surface area contributed by atoms with Gasteiger partial charge in [0.05, 0.1) is 6.54 Å². The topological polar surface area (TPSA) is 36.1 Å². The number of hydrogen-bond donors (Lipinski definition) is 1. The Balaban J connectivity index is 1.88. The lowest BCUT2D eigenvalue weighted by Gasteiger charge is -2.16. The van der Waals surface area contributed by atoms with Crippen LogP contribution in [0.4, 0.5) is 8.78 Å². The molecule has 1 aliphatic rings.